The van der Waals surface area contributed by atoms with E-state index in [1.54, 1.807) is 0 Å². The van der Waals surface area contributed by atoms with E-state index < -0.39 is 0 Å². The van der Waals surface area contributed by atoms with Gasteiger partial charge in [0, 0.05) is 22.8 Å². The van der Waals surface area contributed by atoms with Crippen LogP contribution >= 0.6 is 23.2 Å². The van der Waals surface area contributed by atoms with E-state index in [0.29, 0.717) is 10.9 Å². The molecule has 0 radical (unpaired) electrons. The summed E-state index contributed by atoms with van der Waals surface area (Å²) in [6.45, 7) is 1.62. The third-order valence-electron chi connectivity index (χ3n) is 3.46. The lowest BCUT2D eigenvalue weighted by molar-refractivity contribution is 0.322. The molecule has 0 fully saturated rings. The van der Waals surface area contributed by atoms with Gasteiger partial charge in [-0.3, -0.25) is 0 Å². The van der Waals surface area contributed by atoms with Crippen molar-refractivity contribution in [3.8, 4) is 5.75 Å². The summed E-state index contributed by atoms with van der Waals surface area (Å²) in [4.78, 5) is 2.24. The molecule has 3 rings (SSSR count). The van der Waals surface area contributed by atoms with Gasteiger partial charge in [0.25, 0.3) is 0 Å². The van der Waals surface area contributed by atoms with Crippen LogP contribution in [0.3, 0.4) is 0 Å². The molecule has 104 valence electrons. The molecule has 0 aromatic heterocycles. The van der Waals surface area contributed by atoms with Crippen LogP contribution in [0.4, 0.5) is 11.4 Å². The number of alkyl halides is 1. The number of nitrogens with zero attached hydrogens (tertiary/aromatic N) is 1. The first-order chi connectivity index (χ1) is 9.81. The van der Waals surface area contributed by atoms with Gasteiger partial charge in [-0.15, -0.1) is 11.6 Å². The maximum atomic E-state index is 6.27. The van der Waals surface area contributed by atoms with Crippen molar-refractivity contribution >= 4 is 34.6 Å². The lowest BCUT2D eigenvalue weighted by Crippen LogP contribution is -2.19. The van der Waals surface area contributed by atoms with Crippen LogP contribution in [0.1, 0.15) is 12.0 Å². The van der Waals surface area contributed by atoms with Crippen molar-refractivity contribution in [3.05, 3.63) is 53.1 Å². The fraction of sp³-hybridized carbons (Fsp3) is 0.250. The van der Waals surface area contributed by atoms with E-state index >= 15 is 0 Å². The van der Waals surface area contributed by atoms with Gasteiger partial charge in [0.05, 0.1) is 18.2 Å². The van der Waals surface area contributed by atoms with Crippen molar-refractivity contribution in [3.63, 3.8) is 0 Å². The number of rotatable bonds is 2. The highest BCUT2D eigenvalue weighted by Gasteiger charge is 2.20. The average Bonchev–Trinajstić information content (AvgIpc) is 2.69. The molecule has 2 aromatic carbocycles. The van der Waals surface area contributed by atoms with Gasteiger partial charge in [0.1, 0.15) is 5.75 Å². The molecular weight excluding hydrogens is 293 g/mol. The molecule has 20 heavy (non-hydrogen) atoms. The number of halogens is 2. The summed E-state index contributed by atoms with van der Waals surface area (Å²) in [6, 6.07) is 14.0. The van der Waals surface area contributed by atoms with Crippen LogP contribution in [0.25, 0.3) is 0 Å². The minimum Gasteiger partial charge on any atom is -0.491 e. The number of hydrogen-bond acceptors (Lipinski definition) is 2. The second-order valence-electron chi connectivity index (χ2n) is 4.69. The lowest BCUT2D eigenvalue weighted by atomic mass is 10.1. The molecule has 0 amide bonds. The Balaban J connectivity index is 2.12. The van der Waals surface area contributed by atoms with Crippen LogP contribution in [0.15, 0.2) is 42.5 Å². The molecule has 0 saturated carbocycles. The van der Waals surface area contributed by atoms with Gasteiger partial charge in [-0.2, -0.15) is 0 Å². The van der Waals surface area contributed by atoms with E-state index in [1.807, 2.05) is 30.3 Å². The molecule has 0 aliphatic carbocycles. The van der Waals surface area contributed by atoms with Crippen molar-refractivity contribution in [1.82, 2.24) is 0 Å². The molecule has 0 bridgehead atoms. The minimum absolute atomic E-state index is 0.397. The van der Waals surface area contributed by atoms with Gasteiger partial charge in [-0.25, -0.2) is 0 Å². The summed E-state index contributed by atoms with van der Waals surface area (Å²) in [7, 11) is 0. The largest absolute Gasteiger partial charge is 0.491 e. The Morgan fingerprint density at radius 3 is 2.70 bits per heavy atom. The maximum absolute atomic E-state index is 6.27. The molecular formula is C16H15Cl2NO. The summed E-state index contributed by atoms with van der Waals surface area (Å²) >= 11 is 12.4. The van der Waals surface area contributed by atoms with E-state index in [-0.39, 0.29) is 0 Å². The summed E-state index contributed by atoms with van der Waals surface area (Å²) in [6.07, 6.45) is 0.961. The zero-order valence-corrected chi connectivity index (χ0v) is 12.5. The Morgan fingerprint density at radius 2 is 1.85 bits per heavy atom. The Morgan fingerprint density at radius 1 is 1.05 bits per heavy atom. The first-order valence-corrected chi connectivity index (χ1v) is 7.55. The van der Waals surface area contributed by atoms with Gasteiger partial charge in [-0.1, -0.05) is 29.8 Å². The minimum atomic E-state index is 0.397. The van der Waals surface area contributed by atoms with Crippen LogP contribution in [0, 0.1) is 0 Å². The number of anilines is 2. The predicted octanol–water partition coefficient (Wildman–Crippen LogP) is 5.00. The number of para-hydroxylation sites is 2. The number of benzene rings is 2. The third kappa shape index (κ3) is 2.46. The molecule has 1 heterocycles. The predicted molar refractivity (Wildman–Crippen MR) is 84.6 cm³/mol. The van der Waals surface area contributed by atoms with Crippen molar-refractivity contribution in [2.75, 3.05) is 18.1 Å². The van der Waals surface area contributed by atoms with E-state index in [4.69, 9.17) is 27.9 Å². The Kier molecular flexibility index (Phi) is 4.04. The Labute approximate surface area is 128 Å². The van der Waals surface area contributed by atoms with Crippen molar-refractivity contribution in [2.24, 2.45) is 0 Å². The van der Waals surface area contributed by atoms with Gasteiger partial charge in [-0.05, 0) is 30.7 Å². The fourth-order valence-corrected chi connectivity index (χ4v) is 3.10. The van der Waals surface area contributed by atoms with E-state index in [0.717, 1.165) is 42.3 Å². The Bertz CT molecular complexity index is 615. The highest BCUT2D eigenvalue weighted by Crippen LogP contribution is 2.39. The Hall–Kier alpha value is -1.38. The molecule has 2 aromatic rings. The van der Waals surface area contributed by atoms with Crippen LogP contribution < -0.4 is 9.64 Å². The maximum Gasteiger partial charge on any atom is 0.142 e. The highest BCUT2D eigenvalue weighted by atomic mass is 35.5. The van der Waals surface area contributed by atoms with Gasteiger partial charge < -0.3 is 9.64 Å². The van der Waals surface area contributed by atoms with Crippen LogP contribution in [0.2, 0.25) is 5.02 Å². The number of hydrogen-bond donors (Lipinski definition) is 0. The molecule has 0 atom stereocenters. The summed E-state index contributed by atoms with van der Waals surface area (Å²) < 4.78 is 5.80. The van der Waals surface area contributed by atoms with Crippen LogP contribution in [-0.4, -0.2) is 13.2 Å². The molecule has 0 unspecified atom stereocenters. The first kappa shape index (κ1) is 13.6. The SMILES string of the molecule is ClCc1c(Cl)cccc1N1CCCOc2ccccc21. The number of ether oxygens (including phenoxy) is 1. The monoisotopic (exact) mass is 307 g/mol. The standard InChI is InChI=1S/C16H15Cl2NO/c17-11-12-13(18)5-3-7-14(12)19-9-4-10-20-16-8-2-1-6-15(16)19/h1-3,5-8H,4,9-11H2. The molecule has 4 heteroatoms. The normalized spacial score (nSPS) is 14.4. The third-order valence-corrected chi connectivity index (χ3v) is 4.08. The van der Waals surface area contributed by atoms with Crippen molar-refractivity contribution < 1.29 is 4.74 Å². The van der Waals surface area contributed by atoms with E-state index in [1.165, 1.54) is 0 Å². The summed E-state index contributed by atoms with van der Waals surface area (Å²) in [5.41, 5.74) is 3.09. The second-order valence-corrected chi connectivity index (χ2v) is 5.37. The fourth-order valence-electron chi connectivity index (χ4n) is 2.51. The quantitative estimate of drug-likeness (QED) is 0.724. The lowest BCUT2D eigenvalue weighted by Gasteiger charge is -2.26. The zero-order chi connectivity index (χ0) is 13.9. The van der Waals surface area contributed by atoms with E-state index in [2.05, 4.69) is 17.0 Å². The van der Waals surface area contributed by atoms with Gasteiger partial charge in [0.2, 0.25) is 0 Å². The van der Waals surface area contributed by atoms with Gasteiger partial charge >= 0.3 is 0 Å². The molecule has 0 spiro atoms. The molecule has 1 aliphatic rings. The van der Waals surface area contributed by atoms with E-state index in [9.17, 15) is 0 Å². The van der Waals surface area contributed by atoms with Gasteiger partial charge in [0.15, 0.2) is 0 Å². The van der Waals surface area contributed by atoms with Crippen LogP contribution in [0.5, 0.6) is 5.75 Å². The molecule has 0 N–H and O–H groups in total. The molecule has 0 saturated heterocycles. The average molecular weight is 308 g/mol. The molecule has 2 nitrogen and oxygen atoms in total. The topological polar surface area (TPSA) is 12.5 Å². The first-order valence-electron chi connectivity index (χ1n) is 6.64. The second kappa shape index (κ2) is 5.94. The van der Waals surface area contributed by atoms with Crippen molar-refractivity contribution in [1.29, 1.82) is 0 Å². The summed E-state index contributed by atoms with van der Waals surface area (Å²) in [5, 5.41) is 0.708. The number of fused-ring (bicyclic) bond motifs is 1. The highest BCUT2D eigenvalue weighted by molar-refractivity contribution is 6.32. The zero-order valence-electron chi connectivity index (χ0n) is 11.0. The molecule has 1 aliphatic heterocycles. The summed E-state index contributed by atoms with van der Waals surface area (Å²) in [5.74, 6) is 1.31. The smallest absolute Gasteiger partial charge is 0.142 e. The van der Waals surface area contributed by atoms with Crippen LogP contribution in [-0.2, 0) is 5.88 Å². The van der Waals surface area contributed by atoms with Crippen molar-refractivity contribution in [2.45, 2.75) is 12.3 Å².